The van der Waals surface area contributed by atoms with Crippen molar-refractivity contribution in [2.75, 3.05) is 20.3 Å². The molecule has 0 saturated carbocycles. The van der Waals surface area contributed by atoms with Gasteiger partial charge in [-0.3, -0.25) is 0 Å². The summed E-state index contributed by atoms with van der Waals surface area (Å²) in [5.74, 6) is 0. The van der Waals surface area contributed by atoms with E-state index >= 15 is 0 Å². The Morgan fingerprint density at radius 1 is 1.50 bits per heavy atom. The second-order valence-corrected chi connectivity index (χ2v) is 2.53. The quantitative estimate of drug-likeness (QED) is 0.669. The Kier molecular flexibility index (Phi) is 3.69. The molecule has 5 nitrogen and oxygen atoms in total. The molecular formula is C7H13N3O2. The lowest BCUT2D eigenvalue weighted by Gasteiger charge is -2.14. The van der Waals surface area contributed by atoms with Gasteiger partial charge in [0, 0.05) is 13.7 Å². The van der Waals surface area contributed by atoms with Gasteiger partial charge in [-0.2, -0.15) is 0 Å². The smallest absolute Gasteiger partial charge is 0.119 e. The summed E-state index contributed by atoms with van der Waals surface area (Å²) in [5, 5.41) is 16.1. The highest BCUT2D eigenvalue weighted by Gasteiger charge is 2.08. The minimum Gasteiger partial charge on any atom is -0.396 e. The van der Waals surface area contributed by atoms with Crippen LogP contribution in [-0.4, -0.2) is 40.2 Å². The Balaban J connectivity index is 2.53. The molecule has 0 fully saturated rings. The summed E-state index contributed by atoms with van der Waals surface area (Å²) in [6, 6.07) is 0.134. The van der Waals surface area contributed by atoms with Gasteiger partial charge in [-0.25, -0.2) is 0 Å². The third kappa shape index (κ3) is 2.28. The summed E-state index contributed by atoms with van der Waals surface area (Å²) in [6.45, 7) is 0.713. The van der Waals surface area contributed by atoms with E-state index in [9.17, 15) is 0 Å². The van der Waals surface area contributed by atoms with E-state index in [2.05, 4.69) is 10.2 Å². The van der Waals surface area contributed by atoms with E-state index in [1.54, 1.807) is 19.8 Å². The SMILES string of the molecule is COCC(CCO)n1cnnc1. The normalized spacial score (nSPS) is 13.2. The van der Waals surface area contributed by atoms with Gasteiger partial charge in [0.05, 0.1) is 12.6 Å². The number of nitrogens with zero attached hydrogens (tertiary/aromatic N) is 3. The number of hydrogen-bond acceptors (Lipinski definition) is 4. The number of ether oxygens (including phenoxy) is 1. The molecule has 0 aromatic carbocycles. The lowest BCUT2D eigenvalue weighted by atomic mass is 10.2. The monoisotopic (exact) mass is 171 g/mol. The Bertz CT molecular complexity index is 194. The molecule has 0 bridgehead atoms. The molecule has 0 amide bonds. The topological polar surface area (TPSA) is 60.2 Å². The van der Waals surface area contributed by atoms with Crippen LogP contribution in [0.25, 0.3) is 0 Å². The van der Waals surface area contributed by atoms with Crippen LogP contribution in [0.5, 0.6) is 0 Å². The van der Waals surface area contributed by atoms with Crippen LogP contribution in [-0.2, 0) is 4.74 Å². The highest BCUT2D eigenvalue weighted by atomic mass is 16.5. The van der Waals surface area contributed by atoms with E-state index in [1.165, 1.54) is 0 Å². The van der Waals surface area contributed by atoms with Gasteiger partial charge in [-0.15, -0.1) is 10.2 Å². The standard InChI is InChI=1S/C7H13N3O2/c1-12-4-7(2-3-11)10-5-8-9-6-10/h5-7,11H,2-4H2,1H3. The molecular weight excluding hydrogens is 158 g/mol. The molecule has 1 rings (SSSR count). The number of methoxy groups -OCH3 is 1. The number of hydrogen-bond donors (Lipinski definition) is 1. The van der Waals surface area contributed by atoms with Crippen molar-refractivity contribution in [3.63, 3.8) is 0 Å². The second kappa shape index (κ2) is 4.84. The second-order valence-electron chi connectivity index (χ2n) is 2.53. The minimum absolute atomic E-state index is 0.134. The van der Waals surface area contributed by atoms with E-state index in [-0.39, 0.29) is 12.6 Å². The fraction of sp³-hybridized carbons (Fsp3) is 0.714. The summed E-state index contributed by atoms with van der Waals surface area (Å²) < 4.78 is 6.83. The first-order valence-corrected chi connectivity index (χ1v) is 3.82. The van der Waals surface area contributed by atoms with E-state index < -0.39 is 0 Å². The van der Waals surface area contributed by atoms with Gasteiger partial charge in [-0.05, 0) is 6.42 Å². The van der Waals surface area contributed by atoms with Crippen molar-refractivity contribution in [1.29, 1.82) is 0 Å². The summed E-state index contributed by atoms with van der Waals surface area (Å²) >= 11 is 0. The molecule has 0 aliphatic carbocycles. The van der Waals surface area contributed by atoms with E-state index in [1.807, 2.05) is 4.57 Å². The molecule has 12 heavy (non-hydrogen) atoms. The first-order valence-electron chi connectivity index (χ1n) is 3.82. The Morgan fingerprint density at radius 3 is 2.67 bits per heavy atom. The molecule has 1 unspecified atom stereocenters. The van der Waals surface area contributed by atoms with Crippen molar-refractivity contribution in [3.05, 3.63) is 12.7 Å². The van der Waals surface area contributed by atoms with Gasteiger partial charge < -0.3 is 14.4 Å². The number of aromatic nitrogens is 3. The molecule has 0 spiro atoms. The molecule has 0 aliphatic rings. The highest BCUT2D eigenvalue weighted by Crippen LogP contribution is 2.09. The summed E-state index contributed by atoms with van der Waals surface area (Å²) in [7, 11) is 1.63. The third-order valence-electron chi connectivity index (χ3n) is 1.68. The zero-order valence-electron chi connectivity index (χ0n) is 7.05. The summed E-state index contributed by atoms with van der Waals surface area (Å²) in [5.41, 5.74) is 0. The third-order valence-corrected chi connectivity index (χ3v) is 1.68. The maximum Gasteiger partial charge on any atom is 0.119 e. The molecule has 1 aromatic rings. The zero-order chi connectivity index (χ0) is 8.81. The fourth-order valence-electron chi connectivity index (χ4n) is 1.06. The lowest BCUT2D eigenvalue weighted by Crippen LogP contribution is -2.14. The minimum atomic E-state index is 0.134. The van der Waals surface area contributed by atoms with E-state index in [0.717, 1.165) is 0 Å². The molecule has 5 heteroatoms. The van der Waals surface area contributed by atoms with Crippen molar-refractivity contribution >= 4 is 0 Å². The van der Waals surface area contributed by atoms with Gasteiger partial charge in [0.1, 0.15) is 12.7 Å². The first kappa shape index (κ1) is 9.15. The molecule has 0 saturated heterocycles. The molecule has 1 N–H and O–H groups in total. The highest BCUT2D eigenvalue weighted by molar-refractivity contribution is 4.71. The summed E-state index contributed by atoms with van der Waals surface area (Å²) in [4.78, 5) is 0. The van der Waals surface area contributed by atoms with Gasteiger partial charge in [0.15, 0.2) is 0 Å². The predicted octanol–water partition coefficient (Wildman–Crippen LogP) is -0.152. The maximum atomic E-state index is 8.75. The van der Waals surface area contributed by atoms with Gasteiger partial charge in [0.2, 0.25) is 0 Å². The number of aliphatic hydroxyl groups is 1. The van der Waals surface area contributed by atoms with Crippen molar-refractivity contribution in [2.24, 2.45) is 0 Å². The van der Waals surface area contributed by atoms with Crippen molar-refractivity contribution in [2.45, 2.75) is 12.5 Å². The number of aliphatic hydroxyl groups excluding tert-OH is 1. The average molecular weight is 171 g/mol. The Hall–Kier alpha value is -0.940. The number of rotatable bonds is 5. The van der Waals surface area contributed by atoms with Crippen LogP contribution in [0.1, 0.15) is 12.5 Å². The first-order chi connectivity index (χ1) is 5.88. The van der Waals surface area contributed by atoms with Crippen LogP contribution in [0.2, 0.25) is 0 Å². The van der Waals surface area contributed by atoms with Crippen LogP contribution in [0.3, 0.4) is 0 Å². The Morgan fingerprint density at radius 2 is 2.17 bits per heavy atom. The molecule has 0 aliphatic heterocycles. The molecule has 1 heterocycles. The van der Waals surface area contributed by atoms with Crippen molar-refractivity contribution in [1.82, 2.24) is 14.8 Å². The Labute approximate surface area is 71.0 Å². The van der Waals surface area contributed by atoms with Crippen LogP contribution >= 0.6 is 0 Å². The van der Waals surface area contributed by atoms with Crippen molar-refractivity contribution in [3.8, 4) is 0 Å². The predicted molar refractivity (Wildman–Crippen MR) is 42.6 cm³/mol. The van der Waals surface area contributed by atoms with Gasteiger partial charge in [0.25, 0.3) is 0 Å². The van der Waals surface area contributed by atoms with Crippen LogP contribution in [0, 0.1) is 0 Å². The lowest BCUT2D eigenvalue weighted by molar-refractivity contribution is 0.136. The van der Waals surface area contributed by atoms with E-state index in [0.29, 0.717) is 13.0 Å². The van der Waals surface area contributed by atoms with Crippen LogP contribution in [0.15, 0.2) is 12.7 Å². The zero-order valence-corrected chi connectivity index (χ0v) is 7.05. The largest absolute Gasteiger partial charge is 0.396 e. The average Bonchev–Trinajstić information content (AvgIpc) is 2.56. The van der Waals surface area contributed by atoms with Gasteiger partial charge >= 0.3 is 0 Å². The van der Waals surface area contributed by atoms with Crippen LogP contribution in [0.4, 0.5) is 0 Å². The van der Waals surface area contributed by atoms with Crippen LogP contribution < -0.4 is 0 Å². The fourth-order valence-corrected chi connectivity index (χ4v) is 1.06. The molecule has 0 radical (unpaired) electrons. The molecule has 1 atom stereocenters. The summed E-state index contributed by atoms with van der Waals surface area (Å²) in [6.07, 6.45) is 3.91. The molecule has 68 valence electrons. The maximum absolute atomic E-state index is 8.75. The van der Waals surface area contributed by atoms with E-state index in [4.69, 9.17) is 9.84 Å². The molecule has 1 aromatic heterocycles. The van der Waals surface area contributed by atoms with Crippen molar-refractivity contribution < 1.29 is 9.84 Å². The van der Waals surface area contributed by atoms with Gasteiger partial charge in [-0.1, -0.05) is 0 Å².